The van der Waals surface area contributed by atoms with E-state index in [4.69, 9.17) is 31.4 Å². The maximum atomic E-state index is 12.9. The Kier molecular flexibility index (Phi) is 22.1. The molecule has 8 heterocycles. The average Bonchev–Trinajstić information content (AvgIpc) is 4.17. The molecule has 4 aromatic heterocycles. The Morgan fingerprint density at radius 3 is 1.39 bits per heavy atom. The summed E-state index contributed by atoms with van der Waals surface area (Å²) in [6, 6.07) is -1.99. The molecule has 0 radical (unpaired) electrons. The van der Waals surface area contributed by atoms with Crippen LogP contribution in [0.4, 0.5) is 10.3 Å². The number of fused-ring (bicyclic) bond motifs is 2. The van der Waals surface area contributed by atoms with Crippen LogP contribution < -0.4 is 91.4 Å². The predicted molar refractivity (Wildman–Crippen MR) is 258 cm³/mol. The first-order valence-corrected chi connectivity index (χ1v) is 27.2. The third-order valence-electron chi connectivity index (χ3n) is 9.62. The number of thiazole rings is 2. The summed E-state index contributed by atoms with van der Waals surface area (Å²) in [6.45, 7) is 0. The summed E-state index contributed by atoms with van der Waals surface area (Å²) in [7, 11) is 2.50. The molecule has 74 heavy (non-hydrogen) atoms. The number of carbonyl (C=O) groups excluding carboxylic acids is 6. The molecule has 8 rings (SSSR count). The minimum absolute atomic E-state index is 0. The molecule has 8 N–H and O–H groups in total. The van der Waals surface area contributed by atoms with Gasteiger partial charge in [0.15, 0.2) is 30.4 Å². The van der Waals surface area contributed by atoms with Gasteiger partial charge in [0.1, 0.15) is 58.5 Å². The van der Waals surface area contributed by atoms with Gasteiger partial charge in [-0.15, -0.1) is 66.6 Å². The van der Waals surface area contributed by atoms with Crippen LogP contribution in [0.25, 0.3) is 0 Å². The van der Waals surface area contributed by atoms with Crippen molar-refractivity contribution >= 4 is 162 Å². The molecular formula is C36H32N14Na2O14S8. The zero-order valence-electron chi connectivity index (χ0n) is 38.4. The fraction of sp³-hybridized carbons (Fsp3) is 0.333. The molecule has 0 bridgehead atoms. The van der Waals surface area contributed by atoms with Crippen LogP contribution in [0.2, 0.25) is 0 Å². The quantitative estimate of drug-likeness (QED) is 0.0157. The second kappa shape index (κ2) is 27.0. The number of hydrogen-bond donors (Lipinski definition) is 6. The van der Waals surface area contributed by atoms with E-state index < -0.39 is 70.3 Å². The molecule has 0 saturated carbocycles. The van der Waals surface area contributed by atoms with E-state index >= 15 is 0 Å². The Morgan fingerprint density at radius 1 is 0.703 bits per heavy atom. The number of thioether (sulfide) groups is 4. The molecule has 4 atom stereocenters. The van der Waals surface area contributed by atoms with Crippen molar-refractivity contribution in [1.82, 2.24) is 50.8 Å². The molecule has 4 aromatic rings. The Morgan fingerprint density at radius 2 is 1.08 bits per heavy atom. The van der Waals surface area contributed by atoms with Gasteiger partial charge >= 0.3 is 71.1 Å². The van der Waals surface area contributed by atoms with Crippen molar-refractivity contribution in [1.29, 1.82) is 0 Å². The standard InChI is InChI=1S/2C18H17N7O7S4.2Na/c2*1-32-24-10(7-5-34-17(19)20-7)13(28)21-11-14(29)25-12(16(30)31)6(3-33-15(11)25)4-35-18-23-22-8(36-18)2-9(26)27;;/h2*5,11,15H,2-4H2,1H3,(H2,19,20)(H,21,28)(H,26,27)(H,30,31);;/q;;2*+1/p-2/b2*24-10-;;/t2*11?,15-;;/m11../s1. The Bertz CT molecular complexity index is 2790. The second-order valence-electron chi connectivity index (χ2n) is 14.2. The third-order valence-corrected chi connectivity index (χ3v) is 17.9. The second-order valence-corrected chi connectivity index (χ2v) is 22.8. The number of hydrogen-bond acceptors (Lipinski definition) is 30. The minimum atomic E-state index is -1.52. The van der Waals surface area contributed by atoms with Gasteiger partial charge in [-0.1, -0.05) is 56.5 Å². The number of carbonyl (C=O) groups is 8. The number of β-lactam (4-membered cyclic amide) rings is 2. The Balaban J connectivity index is 0.000000267. The van der Waals surface area contributed by atoms with E-state index in [1.54, 1.807) is 0 Å². The predicted octanol–water partition coefficient (Wildman–Crippen LogP) is -8.49. The first-order valence-electron chi connectivity index (χ1n) is 19.8. The van der Waals surface area contributed by atoms with Gasteiger partial charge in [0.2, 0.25) is 0 Å². The van der Waals surface area contributed by atoms with Crippen molar-refractivity contribution < 1.29 is 128 Å². The van der Waals surface area contributed by atoms with Crippen LogP contribution in [0.15, 0.2) is 52.3 Å². The number of anilines is 2. The number of nitrogen functional groups attached to an aromatic ring is 2. The SMILES string of the molecule is CO/N=C(\C(=O)NC1C(=O)N2C(C(=O)[O-])=C(CSc3nnc(CC(=O)O)s3)CS[C@H]12)c1csc(N)n1.CO/N=C(\C(=O)NC1C(=O)N2C(C(=O)[O-])=C(CSc3nnc(CC(=O)O)s3)CS[C@H]12)c1csc(N)n1.[Na+].[Na+]. The van der Waals surface area contributed by atoms with Crippen molar-refractivity contribution in [2.24, 2.45) is 10.3 Å². The molecule has 4 amide bonds. The zero-order valence-corrected chi connectivity index (χ0v) is 48.9. The number of carboxylic acid groups (broad SMARTS) is 4. The Hall–Kier alpha value is -4.44. The number of nitrogens with one attached hydrogen (secondary N) is 2. The van der Waals surface area contributed by atoms with Gasteiger partial charge in [-0.25, -0.2) is 9.97 Å². The number of nitrogens with zero attached hydrogens (tertiary/aromatic N) is 10. The van der Waals surface area contributed by atoms with E-state index in [0.717, 1.165) is 55.1 Å². The molecule has 28 nitrogen and oxygen atoms in total. The molecule has 2 saturated heterocycles. The van der Waals surface area contributed by atoms with Gasteiger partial charge < -0.3 is 61.8 Å². The van der Waals surface area contributed by atoms with Gasteiger partial charge in [-0.3, -0.25) is 38.6 Å². The first kappa shape index (κ1) is 60.4. The molecule has 0 spiro atoms. The monoisotopic (exact) mass is 1190 g/mol. The summed E-state index contributed by atoms with van der Waals surface area (Å²) in [4.78, 5) is 116. The van der Waals surface area contributed by atoms with Crippen molar-refractivity contribution in [3.8, 4) is 0 Å². The molecule has 0 aromatic carbocycles. The summed E-state index contributed by atoms with van der Waals surface area (Å²) >= 11 is 9.32. The fourth-order valence-corrected chi connectivity index (χ4v) is 14.5. The van der Waals surface area contributed by atoms with E-state index in [1.165, 1.54) is 72.0 Å². The third kappa shape index (κ3) is 14.1. The fourth-order valence-electron chi connectivity index (χ4n) is 6.66. The number of aromatic nitrogens is 6. The van der Waals surface area contributed by atoms with Crippen molar-refractivity contribution in [2.75, 3.05) is 48.7 Å². The summed E-state index contributed by atoms with van der Waals surface area (Å²) < 4.78 is 0.938. The van der Waals surface area contributed by atoms with E-state index in [9.17, 15) is 48.6 Å². The van der Waals surface area contributed by atoms with E-state index in [2.05, 4.69) is 51.3 Å². The molecular weight excluding hydrogens is 1150 g/mol. The number of rotatable bonds is 20. The minimum Gasteiger partial charge on any atom is -0.543 e. The normalized spacial score (nSPS) is 19.0. The number of amides is 4. The van der Waals surface area contributed by atoms with E-state index in [1.807, 2.05) is 0 Å². The molecule has 380 valence electrons. The van der Waals surface area contributed by atoms with E-state index in [0.29, 0.717) is 29.8 Å². The van der Waals surface area contributed by atoms with Crippen LogP contribution in [0.1, 0.15) is 21.4 Å². The van der Waals surface area contributed by atoms with Gasteiger partial charge in [0, 0.05) is 33.8 Å². The van der Waals surface area contributed by atoms with Gasteiger partial charge in [0.25, 0.3) is 23.6 Å². The molecule has 0 aliphatic carbocycles. The molecule has 2 fully saturated rings. The van der Waals surface area contributed by atoms with Crippen molar-refractivity contribution in [3.63, 3.8) is 0 Å². The summed E-state index contributed by atoms with van der Waals surface area (Å²) in [5, 5.41) is 72.2. The summed E-state index contributed by atoms with van der Waals surface area (Å²) in [6.07, 6.45) is -0.518. The van der Waals surface area contributed by atoms with Crippen LogP contribution in [0.5, 0.6) is 0 Å². The number of carboxylic acids is 4. The number of oxime groups is 2. The smallest absolute Gasteiger partial charge is 0.543 e. The van der Waals surface area contributed by atoms with E-state index in [-0.39, 0.29) is 139 Å². The van der Waals surface area contributed by atoms with Crippen LogP contribution >= 0.6 is 92.4 Å². The molecule has 4 aliphatic heterocycles. The van der Waals surface area contributed by atoms with Gasteiger partial charge in [-0.2, -0.15) is 0 Å². The largest absolute Gasteiger partial charge is 1.00 e. The Labute approximate surface area is 493 Å². The summed E-state index contributed by atoms with van der Waals surface area (Å²) in [5.74, 6) is -6.89. The molecule has 4 aliphatic rings. The summed E-state index contributed by atoms with van der Waals surface area (Å²) in [5.41, 5.74) is 11.6. The van der Waals surface area contributed by atoms with Gasteiger partial charge in [0.05, 0.1) is 36.2 Å². The zero-order chi connectivity index (χ0) is 52.0. The van der Waals surface area contributed by atoms with Crippen molar-refractivity contribution in [2.45, 2.75) is 44.4 Å². The van der Waals surface area contributed by atoms with Gasteiger partial charge in [-0.05, 0) is 11.1 Å². The first-order chi connectivity index (χ1) is 34.4. The van der Waals surface area contributed by atoms with Crippen LogP contribution in [-0.4, -0.2) is 169 Å². The molecule has 38 heteroatoms. The topological polar surface area (TPSA) is 426 Å². The number of aliphatic carboxylic acids is 4. The average molecular weight is 1190 g/mol. The van der Waals surface area contributed by atoms with Crippen molar-refractivity contribution in [3.05, 3.63) is 54.7 Å². The van der Waals surface area contributed by atoms with Crippen LogP contribution in [0, 0.1) is 0 Å². The van der Waals surface area contributed by atoms with Crippen LogP contribution in [0.3, 0.4) is 0 Å². The maximum Gasteiger partial charge on any atom is 1.00 e. The van der Waals surface area contributed by atoms with Crippen LogP contribution in [-0.2, 0) is 60.9 Å². The maximum absolute atomic E-state index is 12.9. The number of nitrogens with two attached hydrogens (primary N) is 2. The molecule has 2 unspecified atom stereocenters.